The Labute approximate surface area is 131 Å². The van der Waals surface area contributed by atoms with Crippen LogP contribution in [0.5, 0.6) is 0 Å². The number of aliphatic hydroxyl groups excluding tert-OH is 1. The monoisotopic (exact) mass is 311 g/mol. The minimum absolute atomic E-state index is 0.247. The highest BCUT2D eigenvalue weighted by atomic mass is 19.1. The number of fused-ring (bicyclic) bond motifs is 1. The Morgan fingerprint density at radius 3 is 2.48 bits per heavy atom. The molecule has 3 aromatic rings. The number of benzene rings is 2. The minimum atomic E-state index is -0.797. The van der Waals surface area contributed by atoms with Gasteiger partial charge in [0.05, 0.1) is 11.7 Å². The van der Waals surface area contributed by atoms with Crippen LogP contribution in [0.25, 0.3) is 5.69 Å². The number of rotatable bonds is 2. The fourth-order valence-corrected chi connectivity index (χ4v) is 3.05. The van der Waals surface area contributed by atoms with Crippen LogP contribution >= 0.6 is 0 Å². The van der Waals surface area contributed by atoms with Crippen LogP contribution in [-0.2, 0) is 0 Å². The van der Waals surface area contributed by atoms with Crippen LogP contribution in [-0.4, -0.2) is 19.5 Å². The van der Waals surface area contributed by atoms with Crippen LogP contribution in [0.3, 0.4) is 0 Å². The maximum Gasteiger partial charge on any atom is 0.351 e. The molecule has 0 unspecified atom stereocenters. The third-order valence-corrected chi connectivity index (χ3v) is 4.15. The summed E-state index contributed by atoms with van der Waals surface area (Å²) < 4.78 is 15.8. The van der Waals surface area contributed by atoms with Crippen molar-refractivity contribution in [2.45, 2.75) is 18.6 Å². The van der Waals surface area contributed by atoms with E-state index in [-0.39, 0.29) is 17.5 Å². The van der Waals surface area contributed by atoms with Crippen molar-refractivity contribution in [1.29, 1.82) is 0 Å². The van der Waals surface area contributed by atoms with Crippen molar-refractivity contribution < 1.29 is 9.50 Å². The molecule has 0 saturated heterocycles. The molecule has 1 aliphatic heterocycles. The molecule has 0 spiro atoms. The van der Waals surface area contributed by atoms with Crippen molar-refractivity contribution in [3.05, 3.63) is 82.3 Å². The zero-order valence-corrected chi connectivity index (χ0v) is 12.1. The first-order chi connectivity index (χ1) is 11.1. The van der Waals surface area contributed by atoms with Crippen LogP contribution in [0.1, 0.15) is 30.0 Å². The van der Waals surface area contributed by atoms with Gasteiger partial charge in [-0.15, -0.1) is 5.10 Å². The van der Waals surface area contributed by atoms with Gasteiger partial charge in [-0.25, -0.2) is 9.18 Å². The Bertz CT molecular complexity index is 900. The van der Waals surface area contributed by atoms with E-state index >= 15 is 0 Å². The topological polar surface area (TPSA) is 60.0 Å². The molecule has 116 valence electrons. The summed E-state index contributed by atoms with van der Waals surface area (Å²) in [7, 11) is 0. The van der Waals surface area contributed by atoms with Crippen molar-refractivity contribution in [3.63, 3.8) is 0 Å². The van der Waals surface area contributed by atoms with Gasteiger partial charge in [0.15, 0.2) is 5.82 Å². The molecule has 23 heavy (non-hydrogen) atoms. The molecule has 0 radical (unpaired) electrons. The lowest BCUT2D eigenvalue weighted by Crippen LogP contribution is -2.26. The lowest BCUT2D eigenvalue weighted by molar-refractivity contribution is 0.170. The molecule has 0 aliphatic carbocycles. The lowest BCUT2D eigenvalue weighted by Gasteiger charge is -2.12. The highest BCUT2D eigenvalue weighted by molar-refractivity contribution is 5.32. The number of aliphatic hydroxyl groups is 1. The quantitative estimate of drug-likeness (QED) is 0.789. The fraction of sp³-hybridized carbons (Fsp3) is 0.176. The van der Waals surface area contributed by atoms with E-state index in [1.807, 2.05) is 30.3 Å². The second-order valence-electron chi connectivity index (χ2n) is 5.58. The summed E-state index contributed by atoms with van der Waals surface area (Å²) in [5, 5.41) is 14.5. The van der Waals surface area contributed by atoms with Crippen LogP contribution in [0.2, 0.25) is 0 Å². The third kappa shape index (κ3) is 2.19. The first kappa shape index (κ1) is 13.9. The van der Waals surface area contributed by atoms with Gasteiger partial charge in [0.2, 0.25) is 0 Å². The smallest absolute Gasteiger partial charge is 0.351 e. The summed E-state index contributed by atoms with van der Waals surface area (Å²) in [6.45, 7) is 0. The zero-order valence-electron chi connectivity index (χ0n) is 12.1. The van der Waals surface area contributed by atoms with Gasteiger partial charge in [-0.3, -0.25) is 4.57 Å². The predicted octanol–water partition coefficient (Wildman–Crippen LogP) is 2.20. The third-order valence-electron chi connectivity index (χ3n) is 4.15. The van der Waals surface area contributed by atoms with Gasteiger partial charge in [-0.05, 0) is 29.8 Å². The molecule has 1 N–H and O–H groups in total. The number of halogens is 1. The van der Waals surface area contributed by atoms with Crippen molar-refractivity contribution >= 4 is 0 Å². The standard InChI is InChI=1S/C17H14FN3O2/c18-12-6-8-13(9-7-12)21-17(23)20-14(10-15(22)16(20)19-21)11-4-2-1-3-5-11/h1-9,14-15,22H,10H2/t14-,15+/m0/s1. The minimum Gasteiger partial charge on any atom is -0.385 e. The van der Waals surface area contributed by atoms with E-state index in [0.29, 0.717) is 17.9 Å². The molecule has 2 atom stereocenters. The van der Waals surface area contributed by atoms with E-state index in [9.17, 15) is 14.3 Å². The van der Waals surface area contributed by atoms with Crippen LogP contribution in [0.4, 0.5) is 4.39 Å². The molecule has 2 heterocycles. The molecule has 1 aromatic heterocycles. The van der Waals surface area contributed by atoms with E-state index in [1.165, 1.54) is 33.5 Å². The van der Waals surface area contributed by atoms with Gasteiger partial charge in [0.1, 0.15) is 11.9 Å². The molecular weight excluding hydrogens is 297 g/mol. The lowest BCUT2D eigenvalue weighted by atomic mass is 10.0. The average molecular weight is 311 g/mol. The van der Waals surface area contributed by atoms with E-state index in [4.69, 9.17) is 0 Å². The highest BCUT2D eigenvalue weighted by Crippen LogP contribution is 2.36. The normalized spacial score (nSPS) is 19.7. The largest absolute Gasteiger partial charge is 0.385 e. The number of hydrogen-bond acceptors (Lipinski definition) is 3. The highest BCUT2D eigenvalue weighted by Gasteiger charge is 2.35. The van der Waals surface area contributed by atoms with Crippen molar-refractivity contribution in [2.24, 2.45) is 0 Å². The zero-order chi connectivity index (χ0) is 16.0. The van der Waals surface area contributed by atoms with E-state index in [2.05, 4.69) is 5.10 Å². The van der Waals surface area contributed by atoms with Gasteiger partial charge >= 0.3 is 5.69 Å². The van der Waals surface area contributed by atoms with Gasteiger partial charge < -0.3 is 5.11 Å². The van der Waals surface area contributed by atoms with E-state index in [0.717, 1.165) is 5.56 Å². The Kier molecular flexibility index (Phi) is 3.12. The fourth-order valence-electron chi connectivity index (χ4n) is 3.05. The Morgan fingerprint density at radius 2 is 1.78 bits per heavy atom. The van der Waals surface area contributed by atoms with Crippen molar-refractivity contribution in [3.8, 4) is 5.69 Å². The average Bonchev–Trinajstić information content (AvgIpc) is 3.08. The van der Waals surface area contributed by atoms with Gasteiger partial charge in [0.25, 0.3) is 0 Å². The number of aromatic nitrogens is 3. The van der Waals surface area contributed by atoms with Crippen molar-refractivity contribution in [1.82, 2.24) is 14.3 Å². The molecular formula is C17H14FN3O2. The molecule has 2 aromatic carbocycles. The molecule has 5 nitrogen and oxygen atoms in total. The van der Waals surface area contributed by atoms with E-state index < -0.39 is 6.10 Å². The first-order valence-corrected chi connectivity index (χ1v) is 7.35. The SMILES string of the molecule is O=c1n(-c2ccc(F)cc2)nc2n1[C@H](c1ccccc1)C[C@H]2O. The van der Waals surface area contributed by atoms with Gasteiger partial charge in [-0.2, -0.15) is 4.68 Å². The summed E-state index contributed by atoms with van der Waals surface area (Å²) >= 11 is 0. The predicted molar refractivity (Wildman–Crippen MR) is 81.9 cm³/mol. The number of nitrogens with zero attached hydrogens (tertiary/aromatic N) is 3. The maximum atomic E-state index is 13.1. The van der Waals surface area contributed by atoms with Crippen molar-refractivity contribution in [2.75, 3.05) is 0 Å². The summed E-state index contributed by atoms with van der Waals surface area (Å²) in [5.74, 6) is -0.0380. The molecule has 6 heteroatoms. The summed E-state index contributed by atoms with van der Waals surface area (Å²) in [6, 6.07) is 14.8. The molecule has 1 aliphatic rings. The Morgan fingerprint density at radius 1 is 1.09 bits per heavy atom. The van der Waals surface area contributed by atoms with Crippen LogP contribution < -0.4 is 5.69 Å². The van der Waals surface area contributed by atoms with Crippen LogP contribution in [0, 0.1) is 5.82 Å². The molecule has 0 amide bonds. The Hall–Kier alpha value is -2.73. The molecule has 0 bridgehead atoms. The second-order valence-corrected chi connectivity index (χ2v) is 5.58. The summed E-state index contributed by atoms with van der Waals surface area (Å²) in [5.41, 5.74) is 1.08. The van der Waals surface area contributed by atoms with E-state index in [1.54, 1.807) is 0 Å². The van der Waals surface area contributed by atoms with Crippen LogP contribution in [0.15, 0.2) is 59.4 Å². The van der Waals surface area contributed by atoms with Gasteiger partial charge in [-0.1, -0.05) is 30.3 Å². The van der Waals surface area contributed by atoms with Gasteiger partial charge in [0, 0.05) is 6.42 Å². The summed E-state index contributed by atoms with van der Waals surface area (Å²) in [6.07, 6.45) is -0.374. The summed E-state index contributed by atoms with van der Waals surface area (Å²) in [4.78, 5) is 12.7. The molecule has 0 fully saturated rings. The maximum absolute atomic E-state index is 13.1. The second kappa shape index (κ2) is 5.17. The Balaban J connectivity index is 1.85. The first-order valence-electron chi connectivity index (χ1n) is 7.35. The number of hydrogen-bond donors (Lipinski definition) is 1. The molecule has 0 saturated carbocycles. The molecule has 4 rings (SSSR count).